The quantitative estimate of drug-likeness (QED) is 0.829. The van der Waals surface area contributed by atoms with Crippen LogP contribution in [0.15, 0.2) is 24.3 Å². The molecular weight excluding hydrogens is 222 g/mol. The summed E-state index contributed by atoms with van der Waals surface area (Å²) in [6, 6.07) is 8.60. The van der Waals surface area contributed by atoms with Crippen molar-refractivity contribution in [1.82, 2.24) is 5.32 Å². The summed E-state index contributed by atoms with van der Waals surface area (Å²) in [5.74, 6) is 2.46. The van der Waals surface area contributed by atoms with E-state index in [1.165, 1.54) is 31.2 Å². The molecule has 0 bridgehead atoms. The Kier molecular flexibility index (Phi) is 5.06. The van der Waals surface area contributed by atoms with E-state index in [4.69, 9.17) is 4.74 Å². The van der Waals surface area contributed by atoms with Gasteiger partial charge in [-0.2, -0.15) is 0 Å². The molecule has 2 heteroatoms. The van der Waals surface area contributed by atoms with E-state index in [0.29, 0.717) is 5.92 Å². The number of nitrogens with one attached hydrogen (secondary N) is 1. The summed E-state index contributed by atoms with van der Waals surface area (Å²) in [6.45, 7) is 4.32. The molecule has 1 saturated carbocycles. The van der Waals surface area contributed by atoms with Gasteiger partial charge in [0.05, 0.1) is 7.11 Å². The molecule has 1 N–H and O–H groups in total. The molecule has 2 nitrogen and oxygen atoms in total. The zero-order valence-corrected chi connectivity index (χ0v) is 11.6. The molecule has 1 unspecified atom stereocenters. The standard InChI is InChI=1S/C16H25NO/c1-3-17-12-16(13-7-4-5-8-13)14-9-6-10-15(11-14)18-2/h6,9-11,13,16-17H,3-5,7-8,12H2,1-2H3. The lowest BCUT2D eigenvalue weighted by Gasteiger charge is -2.24. The minimum Gasteiger partial charge on any atom is -0.497 e. The van der Waals surface area contributed by atoms with E-state index in [2.05, 4.69) is 30.4 Å². The molecule has 0 spiro atoms. The Balaban J connectivity index is 2.14. The predicted octanol–water partition coefficient (Wildman–Crippen LogP) is 3.58. The minimum atomic E-state index is 0.641. The smallest absolute Gasteiger partial charge is 0.119 e. The number of methoxy groups -OCH3 is 1. The molecule has 1 aliphatic rings. The van der Waals surface area contributed by atoms with Gasteiger partial charge in [-0.25, -0.2) is 0 Å². The Morgan fingerprint density at radius 1 is 1.33 bits per heavy atom. The first-order valence-electron chi connectivity index (χ1n) is 7.19. The second-order valence-electron chi connectivity index (χ2n) is 5.24. The van der Waals surface area contributed by atoms with Crippen molar-refractivity contribution in [1.29, 1.82) is 0 Å². The summed E-state index contributed by atoms with van der Waals surface area (Å²) in [5.41, 5.74) is 1.43. The maximum Gasteiger partial charge on any atom is 0.119 e. The molecule has 0 heterocycles. The number of benzene rings is 1. The van der Waals surface area contributed by atoms with E-state index in [1.807, 2.05) is 6.07 Å². The number of ether oxygens (including phenoxy) is 1. The molecule has 1 aromatic rings. The van der Waals surface area contributed by atoms with Gasteiger partial charge in [-0.1, -0.05) is 31.9 Å². The number of hydrogen-bond acceptors (Lipinski definition) is 2. The van der Waals surface area contributed by atoms with E-state index in [0.717, 1.165) is 24.8 Å². The van der Waals surface area contributed by atoms with Crippen molar-refractivity contribution in [2.45, 2.75) is 38.5 Å². The average molecular weight is 247 g/mol. The van der Waals surface area contributed by atoms with Crippen molar-refractivity contribution in [2.75, 3.05) is 20.2 Å². The molecule has 1 fully saturated rings. The summed E-state index contributed by atoms with van der Waals surface area (Å²) >= 11 is 0. The highest BCUT2D eigenvalue weighted by Gasteiger charge is 2.26. The van der Waals surface area contributed by atoms with Crippen molar-refractivity contribution >= 4 is 0 Å². The fourth-order valence-electron chi connectivity index (χ4n) is 3.09. The first-order valence-corrected chi connectivity index (χ1v) is 7.19. The van der Waals surface area contributed by atoms with Gasteiger partial charge in [0.2, 0.25) is 0 Å². The molecule has 2 rings (SSSR count). The van der Waals surface area contributed by atoms with Gasteiger partial charge in [0.1, 0.15) is 5.75 Å². The lowest BCUT2D eigenvalue weighted by Crippen LogP contribution is -2.25. The lowest BCUT2D eigenvalue weighted by atomic mass is 9.84. The first-order chi connectivity index (χ1) is 8.85. The van der Waals surface area contributed by atoms with Crippen LogP contribution >= 0.6 is 0 Å². The Morgan fingerprint density at radius 3 is 2.78 bits per heavy atom. The van der Waals surface area contributed by atoms with Crippen LogP contribution in [0.3, 0.4) is 0 Å². The molecule has 0 amide bonds. The minimum absolute atomic E-state index is 0.641. The maximum atomic E-state index is 5.35. The van der Waals surface area contributed by atoms with Crippen LogP contribution < -0.4 is 10.1 Å². The van der Waals surface area contributed by atoms with Crippen molar-refractivity contribution in [3.63, 3.8) is 0 Å². The van der Waals surface area contributed by atoms with Gasteiger partial charge in [0, 0.05) is 6.54 Å². The fourth-order valence-corrected chi connectivity index (χ4v) is 3.09. The molecule has 0 radical (unpaired) electrons. The van der Waals surface area contributed by atoms with Crippen LogP contribution in [0.25, 0.3) is 0 Å². The van der Waals surface area contributed by atoms with E-state index in [9.17, 15) is 0 Å². The van der Waals surface area contributed by atoms with Crippen LogP contribution in [0.5, 0.6) is 5.75 Å². The Bertz CT molecular complexity index is 358. The maximum absolute atomic E-state index is 5.35. The second-order valence-corrected chi connectivity index (χ2v) is 5.24. The summed E-state index contributed by atoms with van der Waals surface area (Å²) < 4.78 is 5.35. The van der Waals surface area contributed by atoms with Crippen LogP contribution in [-0.4, -0.2) is 20.2 Å². The van der Waals surface area contributed by atoms with Crippen molar-refractivity contribution in [3.05, 3.63) is 29.8 Å². The van der Waals surface area contributed by atoms with E-state index >= 15 is 0 Å². The second kappa shape index (κ2) is 6.79. The van der Waals surface area contributed by atoms with Gasteiger partial charge in [0.25, 0.3) is 0 Å². The summed E-state index contributed by atoms with van der Waals surface area (Å²) in [6.07, 6.45) is 5.56. The molecule has 18 heavy (non-hydrogen) atoms. The van der Waals surface area contributed by atoms with Crippen molar-refractivity contribution < 1.29 is 4.74 Å². The molecule has 0 saturated heterocycles. The largest absolute Gasteiger partial charge is 0.497 e. The molecule has 0 aromatic heterocycles. The van der Waals surface area contributed by atoms with Gasteiger partial charge in [0.15, 0.2) is 0 Å². The number of likely N-dealkylation sites (N-methyl/N-ethyl adjacent to an activating group) is 1. The SMILES string of the molecule is CCNCC(c1cccc(OC)c1)C1CCCC1. The van der Waals surface area contributed by atoms with Crippen LogP contribution in [-0.2, 0) is 0 Å². The molecule has 100 valence electrons. The topological polar surface area (TPSA) is 21.3 Å². The molecule has 1 aromatic carbocycles. The van der Waals surface area contributed by atoms with Crippen LogP contribution in [0.2, 0.25) is 0 Å². The van der Waals surface area contributed by atoms with Gasteiger partial charge in [-0.05, 0) is 48.9 Å². The highest BCUT2D eigenvalue weighted by atomic mass is 16.5. The Labute approximate surface area is 111 Å². The highest BCUT2D eigenvalue weighted by molar-refractivity contribution is 5.31. The van der Waals surface area contributed by atoms with Crippen LogP contribution in [0.4, 0.5) is 0 Å². The third-order valence-electron chi connectivity index (χ3n) is 4.11. The predicted molar refractivity (Wildman–Crippen MR) is 76.2 cm³/mol. The number of rotatable bonds is 6. The van der Waals surface area contributed by atoms with Crippen molar-refractivity contribution in [2.24, 2.45) is 5.92 Å². The zero-order chi connectivity index (χ0) is 12.8. The Hall–Kier alpha value is -1.02. The number of hydrogen-bond donors (Lipinski definition) is 1. The van der Waals surface area contributed by atoms with Gasteiger partial charge in [-0.3, -0.25) is 0 Å². The fraction of sp³-hybridized carbons (Fsp3) is 0.625. The third-order valence-corrected chi connectivity index (χ3v) is 4.11. The molecular formula is C16H25NO. The summed E-state index contributed by atoms with van der Waals surface area (Å²) in [5, 5.41) is 3.52. The Morgan fingerprint density at radius 2 is 2.11 bits per heavy atom. The lowest BCUT2D eigenvalue weighted by molar-refractivity contribution is 0.401. The van der Waals surface area contributed by atoms with Gasteiger partial charge < -0.3 is 10.1 Å². The van der Waals surface area contributed by atoms with E-state index < -0.39 is 0 Å². The van der Waals surface area contributed by atoms with E-state index in [1.54, 1.807) is 7.11 Å². The summed E-state index contributed by atoms with van der Waals surface area (Å²) in [7, 11) is 1.74. The zero-order valence-electron chi connectivity index (χ0n) is 11.6. The highest BCUT2D eigenvalue weighted by Crippen LogP contribution is 2.37. The molecule has 1 aliphatic carbocycles. The molecule has 1 atom stereocenters. The van der Waals surface area contributed by atoms with E-state index in [-0.39, 0.29) is 0 Å². The normalized spacial score (nSPS) is 17.9. The van der Waals surface area contributed by atoms with Crippen LogP contribution in [0, 0.1) is 5.92 Å². The van der Waals surface area contributed by atoms with Crippen molar-refractivity contribution in [3.8, 4) is 5.75 Å². The van der Waals surface area contributed by atoms with Gasteiger partial charge in [-0.15, -0.1) is 0 Å². The average Bonchev–Trinajstić information content (AvgIpc) is 2.93. The molecule has 0 aliphatic heterocycles. The summed E-state index contributed by atoms with van der Waals surface area (Å²) in [4.78, 5) is 0. The van der Waals surface area contributed by atoms with Crippen LogP contribution in [0.1, 0.15) is 44.1 Å². The van der Waals surface area contributed by atoms with Gasteiger partial charge >= 0.3 is 0 Å². The third kappa shape index (κ3) is 3.26. The first kappa shape index (κ1) is 13.4. The monoisotopic (exact) mass is 247 g/mol.